The van der Waals surface area contributed by atoms with Gasteiger partial charge in [0.1, 0.15) is 5.00 Å². The van der Waals surface area contributed by atoms with Gasteiger partial charge in [-0.05, 0) is 79.6 Å². The Morgan fingerprint density at radius 1 is 0.841 bits per heavy atom. The number of carbonyl (C=O) groups excluding carboxylic acids is 1. The maximum Gasteiger partial charge on any atom is 0.338 e. The maximum atomic E-state index is 12.2. The van der Waals surface area contributed by atoms with E-state index in [-0.39, 0.29) is 11.9 Å². The molecule has 238 valence electrons. The highest BCUT2D eigenvalue weighted by Gasteiger charge is 2.17. The largest absolute Gasteiger partial charge is 0.462 e. The van der Waals surface area contributed by atoms with Crippen molar-refractivity contribution >= 4 is 50.1 Å². The number of carbonyl (C=O) groups is 1. The van der Waals surface area contributed by atoms with Crippen molar-refractivity contribution in [2.24, 2.45) is 38.2 Å². The van der Waals surface area contributed by atoms with E-state index in [1.54, 1.807) is 24.3 Å². The smallest absolute Gasteiger partial charge is 0.338 e. The fourth-order valence-corrected chi connectivity index (χ4v) is 5.68. The highest BCUT2D eigenvalue weighted by Crippen LogP contribution is 2.44. The topological polar surface area (TPSA) is 105 Å². The van der Waals surface area contributed by atoms with Crippen molar-refractivity contribution < 1.29 is 9.53 Å². The van der Waals surface area contributed by atoms with E-state index in [1.807, 2.05) is 20.8 Å². The molecule has 1 aromatic heterocycles. The minimum absolute atomic E-state index is 0.284. The Labute approximate surface area is 267 Å². The van der Waals surface area contributed by atoms with Crippen LogP contribution in [0.1, 0.15) is 88.7 Å². The molecule has 1 heterocycles. The van der Waals surface area contributed by atoms with E-state index < -0.39 is 0 Å². The average molecular weight is 619 g/mol. The second-order valence-corrected chi connectivity index (χ2v) is 12.9. The van der Waals surface area contributed by atoms with Crippen molar-refractivity contribution in [1.29, 1.82) is 0 Å². The third kappa shape index (κ3) is 9.71. The summed E-state index contributed by atoms with van der Waals surface area (Å²) in [4.78, 5) is 14.7. The zero-order valence-electron chi connectivity index (χ0n) is 27.8. The summed E-state index contributed by atoms with van der Waals surface area (Å²) in [6, 6.07) is 13.3. The van der Waals surface area contributed by atoms with E-state index in [2.05, 4.69) is 78.2 Å². The number of aryl methyl sites for hydroxylation is 1. The van der Waals surface area contributed by atoms with Gasteiger partial charge in [0, 0.05) is 24.3 Å². The molecule has 44 heavy (non-hydrogen) atoms. The minimum Gasteiger partial charge on any atom is -0.462 e. The Hall–Kier alpha value is -3.59. The lowest BCUT2D eigenvalue weighted by molar-refractivity contribution is 0.0459. The highest BCUT2D eigenvalue weighted by molar-refractivity contribution is 7.20. The summed E-state index contributed by atoms with van der Waals surface area (Å²) in [6.07, 6.45) is 4.74. The third-order valence-corrected chi connectivity index (χ3v) is 9.19. The van der Waals surface area contributed by atoms with Gasteiger partial charge in [0.05, 0.1) is 29.2 Å². The second kappa shape index (κ2) is 17.0. The Morgan fingerprint density at radius 3 is 1.98 bits per heavy atom. The molecular formula is C35H50N6O2S. The van der Waals surface area contributed by atoms with Crippen LogP contribution in [-0.2, 0) is 4.74 Å². The fraction of sp³-hybridized carbons (Fsp3) is 0.514. The van der Waals surface area contributed by atoms with Crippen molar-refractivity contribution in [3.05, 3.63) is 59.2 Å². The van der Waals surface area contributed by atoms with Gasteiger partial charge < -0.3 is 15.4 Å². The van der Waals surface area contributed by atoms with E-state index in [0.717, 1.165) is 29.9 Å². The molecule has 0 radical (unpaired) electrons. The first kappa shape index (κ1) is 34.9. The second-order valence-electron chi connectivity index (χ2n) is 11.9. The predicted molar refractivity (Wildman–Crippen MR) is 185 cm³/mol. The van der Waals surface area contributed by atoms with E-state index in [4.69, 9.17) is 10.5 Å². The molecule has 0 aliphatic rings. The molecule has 0 fully saturated rings. The Morgan fingerprint density at radius 2 is 1.43 bits per heavy atom. The SMILES string of the molecule is CCC(CC)CN(CC(CC)CC)c1ccc(N=Nc2sc(N=Nc3ccc(C(=O)OCC(C)C)cc3)c(C)c2N)c(C)c1. The van der Waals surface area contributed by atoms with E-state index in [1.165, 1.54) is 42.7 Å². The minimum atomic E-state index is -0.343. The van der Waals surface area contributed by atoms with Crippen molar-refractivity contribution in [3.8, 4) is 0 Å². The number of ether oxygens (including phenoxy) is 1. The van der Waals surface area contributed by atoms with Crippen LogP contribution < -0.4 is 10.6 Å². The first-order valence-electron chi connectivity index (χ1n) is 15.9. The molecule has 2 N–H and O–H groups in total. The summed E-state index contributed by atoms with van der Waals surface area (Å²) in [5.74, 6) is 1.30. The number of hydrogen-bond acceptors (Lipinski definition) is 9. The molecule has 0 saturated heterocycles. The summed E-state index contributed by atoms with van der Waals surface area (Å²) in [7, 11) is 0. The third-order valence-electron chi connectivity index (χ3n) is 8.12. The van der Waals surface area contributed by atoms with Crippen LogP contribution in [0.2, 0.25) is 0 Å². The number of esters is 1. The number of nitrogen functional groups attached to an aromatic ring is 1. The van der Waals surface area contributed by atoms with Gasteiger partial charge in [-0.1, -0.05) is 78.6 Å². The number of azo groups is 2. The molecule has 3 rings (SSSR count). The first-order valence-corrected chi connectivity index (χ1v) is 16.8. The molecule has 0 amide bonds. The van der Waals surface area contributed by atoms with Gasteiger partial charge in [-0.25, -0.2) is 4.79 Å². The van der Waals surface area contributed by atoms with Crippen LogP contribution in [0.3, 0.4) is 0 Å². The standard InChI is InChI=1S/C35H50N6O2S/c1-9-26(10-2)20-41(21-27(11-3)12-4)30-17-18-31(24(7)19-30)38-40-34-32(36)25(8)33(44-34)39-37-29-15-13-28(14-16-29)35(42)43-22-23(5)6/h13-19,23,26-27H,9-12,20-22,36H2,1-8H3. The van der Waals surface area contributed by atoms with Crippen LogP contribution in [0.5, 0.6) is 0 Å². The van der Waals surface area contributed by atoms with E-state index in [9.17, 15) is 4.79 Å². The zero-order valence-corrected chi connectivity index (χ0v) is 28.6. The number of nitrogens with zero attached hydrogens (tertiary/aromatic N) is 5. The van der Waals surface area contributed by atoms with Crippen LogP contribution in [0.4, 0.5) is 32.8 Å². The van der Waals surface area contributed by atoms with Gasteiger partial charge in [-0.3, -0.25) is 0 Å². The lowest BCUT2D eigenvalue weighted by Crippen LogP contribution is -2.33. The van der Waals surface area contributed by atoms with Crippen LogP contribution in [0.25, 0.3) is 0 Å². The highest BCUT2D eigenvalue weighted by atomic mass is 32.1. The Kier molecular flexibility index (Phi) is 13.5. The fourth-order valence-electron chi connectivity index (χ4n) is 4.81. The summed E-state index contributed by atoms with van der Waals surface area (Å²) < 4.78 is 5.29. The number of hydrogen-bond donors (Lipinski definition) is 1. The molecule has 9 heteroatoms. The monoisotopic (exact) mass is 618 g/mol. The molecule has 0 aliphatic heterocycles. The van der Waals surface area contributed by atoms with Crippen LogP contribution in [0.15, 0.2) is 62.9 Å². The van der Waals surface area contributed by atoms with Crippen LogP contribution in [0, 0.1) is 31.6 Å². The lowest BCUT2D eigenvalue weighted by Gasteiger charge is -2.32. The lowest BCUT2D eigenvalue weighted by atomic mass is 9.98. The number of anilines is 2. The van der Waals surface area contributed by atoms with Gasteiger partial charge in [-0.15, -0.1) is 20.5 Å². The summed E-state index contributed by atoms with van der Waals surface area (Å²) in [5, 5.41) is 19.1. The average Bonchev–Trinajstić information content (AvgIpc) is 3.30. The first-order chi connectivity index (χ1) is 21.1. The summed E-state index contributed by atoms with van der Waals surface area (Å²) in [5.41, 5.74) is 12.0. The van der Waals surface area contributed by atoms with Crippen molar-refractivity contribution in [2.75, 3.05) is 30.3 Å². The van der Waals surface area contributed by atoms with Crippen LogP contribution >= 0.6 is 11.3 Å². The van der Waals surface area contributed by atoms with Crippen molar-refractivity contribution in [1.82, 2.24) is 0 Å². The van der Waals surface area contributed by atoms with Crippen LogP contribution in [-0.4, -0.2) is 25.7 Å². The summed E-state index contributed by atoms with van der Waals surface area (Å²) in [6.45, 7) is 19.7. The Balaban J connectivity index is 1.75. The molecule has 3 aromatic rings. The molecule has 0 aliphatic carbocycles. The molecule has 8 nitrogen and oxygen atoms in total. The van der Waals surface area contributed by atoms with Gasteiger partial charge in [-0.2, -0.15) is 0 Å². The number of benzene rings is 2. The van der Waals surface area contributed by atoms with Gasteiger partial charge in [0.2, 0.25) is 0 Å². The maximum absolute atomic E-state index is 12.2. The molecule has 0 atom stereocenters. The van der Waals surface area contributed by atoms with E-state index >= 15 is 0 Å². The normalized spacial score (nSPS) is 12.0. The van der Waals surface area contributed by atoms with Crippen molar-refractivity contribution in [3.63, 3.8) is 0 Å². The van der Waals surface area contributed by atoms with Gasteiger partial charge in [0.25, 0.3) is 0 Å². The molecule has 0 unspecified atom stereocenters. The quantitative estimate of drug-likeness (QED) is 0.127. The number of rotatable bonds is 16. The molecule has 0 saturated carbocycles. The zero-order chi connectivity index (χ0) is 32.2. The molecular weight excluding hydrogens is 568 g/mol. The van der Waals surface area contributed by atoms with E-state index in [0.29, 0.717) is 45.4 Å². The van der Waals surface area contributed by atoms with Gasteiger partial charge in [0.15, 0.2) is 5.00 Å². The molecule has 0 bridgehead atoms. The number of thiophene rings is 1. The molecule has 0 spiro atoms. The van der Waals surface area contributed by atoms with Crippen molar-refractivity contribution in [2.45, 2.75) is 81.1 Å². The predicted octanol–water partition coefficient (Wildman–Crippen LogP) is 11.3. The molecule has 2 aromatic carbocycles. The van der Waals surface area contributed by atoms with Gasteiger partial charge >= 0.3 is 5.97 Å². The summed E-state index contributed by atoms with van der Waals surface area (Å²) >= 11 is 1.35. The Bertz CT molecular complexity index is 1390. The number of nitrogens with two attached hydrogens (primary N) is 1.